The van der Waals surface area contributed by atoms with Crippen molar-refractivity contribution in [3.05, 3.63) is 45.2 Å². The fourth-order valence-corrected chi connectivity index (χ4v) is 4.77. The molecule has 8 heteroatoms. The summed E-state index contributed by atoms with van der Waals surface area (Å²) < 4.78 is 0. The van der Waals surface area contributed by atoms with Crippen molar-refractivity contribution >= 4 is 45.3 Å². The number of hydrogen-bond donors (Lipinski definition) is 2. The van der Waals surface area contributed by atoms with Gasteiger partial charge in [0.2, 0.25) is 5.91 Å². The van der Waals surface area contributed by atoms with E-state index in [1.165, 1.54) is 35.5 Å². The van der Waals surface area contributed by atoms with Gasteiger partial charge >= 0.3 is 0 Å². The maximum Gasteiger partial charge on any atom is 0.269 e. The summed E-state index contributed by atoms with van der Waals surface area (Å²) in [6, 6.07) is 5.91. The molecule has 1 aromatic carbocycles. The molecule has 6 nitrogen and oxygen atoms in total. The minimum Gasteiger partial charge on any atom is -0.326 e. The third-order valence-corrected chi connectivity index (χ3v) is 6.61. The van der Waals surface area contributed by atoms with Gasteiger partial charge in [-0.3, -0.25) is 14.9 Å². The molecule has 0 atom stereocenters. The number of aryl methyl sites for hydroxylation is 1. The number of fused-ring (bicyclic) bond motifs is 1. The van der Waals surface area contributed by atoms with Crippen LogP contribution in [0.15, 0.2) is 29.8 Å². The predicted octanol–water partition coefficient (Wildman–Crippen LogP) is 4.28. The molecule has 3 heterocycles. The second-order valence-corrected chi connectivity index (χ2v) is 8.67. The molecule has 136 valence electrons. The van der Waals surface area contributed by atoms with Crippen molar-refractivity contribution in [2.75, 3.05) is 10.6 Å². The fourth-order valence-electron chi connectivity index (χ4n) is 3.08. The molecular formula is C19H16N4O2S2. The highest BCUT2D eigenvalue weighted by molar-refractivity contribution is 7.15. The lowest BCUT2D eigenvalue weighted by molar-refractivity contribution is -0.116. The van der Waals surface area contributed by atoms with E-state index in [-0.39, 0.29) is 11.8 Å². The van der Waals surface area contributed by atoms with Gasteiger partial charge in [-0.2, -0.15) is 0 Å². The molecule has 0 saturated heterocycles. The number of carbonyl (C=O) groups excluding carboxylic acids is 2. The van der Waals surface area contributed by atoms with Crippen molar-refractivity contribution in [3.63, 3.8) is 0 Å². The van der Waals surface area contributed by atoms with Gasteiger partial charge in [-0.1, -0.05) is 6.07 Å². The number of thiazole rings is 2. The number of nitrogens with zero attached hydrogens (tertiary/aromatic N) is 2. The molecule has 2 amide bonds. The molecule has 3 aromatic rings. The minimum absolute atomic E-state index is 0.0572. The highest BCUT2D eigenvalue weighted by Crippen LogP contribution is 2.41. The van der Waals surface area contributed by atoms with Crippen LogP contribution in [0.25, 0.3) is 11.3 Å². The smallest absolute Gasteiger partial charge is 0.269 e. The van der Waals surface area contributed by atoms with Crippen molar-refractivity contribution < 1.29 is 9.59 Å². The molecular weight excluding hydrogens is 380 g/mol. The highest BCUT2D eigenvalue weighted by Gasteiger charge is 2.27. The molecule has 2 N–H and O–H groups in total. The largest absolute Gasteiger partial charge is 0.326 e. The van der Waals surface area contributed by atoms with Crippen molar-refractivity contribution in [2.24, 2.45) is 0 Å². The van der Waals surface area contributed by atoms with E-state index in [0.29, 0.717) is 22.3 Å². The van der Waals surface area contributed by atoms with Crippen LogP contribution in [-0.2, 0) is 11.2 Å². The zero-order chi connectivity index (χ0) is 18.4. The Labute approximate surface area is 163 Å². The van der Waals surface area contributed by atoms with Gasteiger partial charge in [-0.25, -0.2) is 9.97 Å². The van der Waals surface area contributed by atoms with E-state index < -0.39 is 0 Å². The number of carbonyl (C=O) groups is 2. The molecule has 5 rings (SSSR count). The van der Waals surface area contributed by atoms with E-state index in [2.05, 4.69) is 26.7 Å². The zero-order valence-corrected chi connectivity index (χ0v) is 16.0. The van der Waals surface area contributed by atoms with E-state index >= 15 is 0 Å². The van der Waals surface area contributed by atoms with E-state index in [1.807, 2.05) is 17.5 Å². The van der Waals surface area contributed by atoms with E-state index in [9.17, 15) is 9.59 Å². The molecule has 0 radical (unpaired) electrons. The summed E-state index contributed by atoms with van der Waals surface area (Å²) >= 11 is 2.87. The van der Waals surface area contributed by atoms with Crippen molar-refractivity contribution in [2.45, 2.75) is 31.6 Å². The number of aromatic nitrogens is 2. The monoisotopic (exact) mass is 396 g/mol. The first kappa shape index (κ1) is 16.6. The average Bonchev–Trinajstić information content (AvgIpc) is 3.21. The van der Waals surface area contributed by atoms with E-state index in [1.54, 1.807) is 6.20 Å². The first-order valence-corrected chi connectivity index (χ1v) is 10.5. The molecule has 27 heavy (non-hydrogen) atoms. The Kier molecular flexibility index (Phi) is 4.02. The first-order chi connectivity index (χ1) is 13.2. The van der Waals surface area contributed by atoms with Crippen LogP contribution in [0, 0.1) is 0 Å². The topological polar surface area (TPSA) is 84.0 Å². The number of hydrogen-bond acceptors (Lipinski definition) is 6. The zero-order valence-electron chi connectivity index (χ0n) is 14.3. The summed E-state index contributed by atoms with van der Waals surface area (Å²) in [5, 5.41) is 9.31. The lowest BCUT2D eigenvalue weighted by atomic mass is 9.99. The summed E-state index contributed by atoms with van der Waals surface area (Å²) in [4.78, 5) is 33.4. The SMILES string of the molecule is O=C1CCc2cc(-c3csc(NC(=O)c4cnc(C5CC5)s4)n3)ccc2N1. The fraction of sp³-hybridized carbons (Fsp3) is 0.263. The van der Waals surface area contributed by atoms with Crippen LogP contribution in [0.1, 0.15) is 45.4 Å². The van der Waals surface area contributed by atoms with Gasteiger partial charge in [0.05, 0.1) is 16.9 Å². The van der Waals surface area contributed by atoms with Gasteiger partial charge in [-0.05, 0) is 37.0 Å². The molecule has 1 aliphatic carbocycles. The first-order valence-electron chi connectivity index (χ1n) is 8.81. The molecule has 1 fully saturated rings. The normalized spacial score (nSPS) is 15.9. The molecule has 1 aliphatic heterocycles. The Morgan fingerprint density at radius 1 is 1.26 bits per heavy atom. The Morgan fingerprint density at radius 2 is 2.15 bits per heavy atom. The molecule has 2 aliphatic rings. The number of anilines is 2. The summed E-state index contributed by atoms with van der Waals surface area (Å²) in [5.74, 6) is 0.451. The molecule has 0 spiro atoms. The summed E-state index contributed by atoms with van der Waals surface area (Å²) in [7, 11) is 0. The summed E-state index contributed by atoms with van der Waals surface area (Å²) in [5.41, 5.74) is 3.78. The van der Waals surface area contributed by atoms with Gasteiger partial charge < -0.3 is 5.32 Å². The molecule has 0 unspecified atom stereocenters. The van der Waals surface area contributed by atoms with Gasteiger partial charge in [0, 0.05) is 29.0 Å². The van der Waals surface area contributed by atoms with Crippen LogP contribution >= 0.6 is 22.7 Å². The Morgan fingerprint density at radius 3 is 3.00 bits per heavy atom. The minimum atomic E-state index is -0.159. The van der Waals surface area contributed by atoms with Crippen LogP contribution in [0.2, 0.25) is 0 Å². The standard InChI is InChI=1S/C19H16N4O2S2/c24-16-6-4-11-7-12(3-5-13(11)21-16)14-9-26-19(22-14)23-17(25)15-8-20-18(27-15)10-1-2-10/h3,5,7-10H,1-2,4,6H2,(H,21,24)(H,22,23,25). The lowest BCUT2D eigenvalue weighted by Gasteiger charge is -2.17. The quantitative estimate of drug-likeness (QED) is 0.689. The maximum atomic E-state index is 12.4. The van der Waals surface area contributed by atoms with Crippen LogP contribution in [-0.4, -0.2) is 21.8 Å². The number of nitrogens with one attached hydrogen (secondary N) is 2. The van der Waals surface area contributed by atoms with Gasteiger partial charge in [0.25, 0.3) is 5.91 Å². The third-order valence-electron chi connectivity index (χ3n) is 4.70. The number of rotatable bonds is 4. The second kappa shape index (κ2) is 6.54. The van der Waals surface area contributed by atoms with Gasteiger partial charge in [0.1, 0.15) is 4.88 Å². The van der Waals surface area contributed by atoms with Crippen LogP contribution in [0.4, 0.5) is 10.8 Å². The van der Waals surface area contributed by atoms with Crippen molar-refractivity contribution in [3.8, 4) is 11.3 Å². The van der Waals surface area contributed by atoms with Gasteiger partial charge in [-0.15, -0.1) is 22.7 Å². The van der Waals surface area contributed by atoms with E-state index in [0.717, 1.165) is 33.9 Å². The molecule has 0 bridgehead atoms. The number of amides is 2. The van der Waals surface area contributed by atoms with Crippen LogP contribution in [0.3, 0.4) is 0 Å². The van der Waals surface area contributed by atoms with Crippen molar-refractivity contribution in [1.29, 1.82) is 0 Å². The molecule has 1 saturated carbocycles. The third kappa shape index (κ3) is 3.38. The van der Waals surface area contributed by atoms with Crippen molar-refractivity contribution in [1.82, 2.24) is 9.97 Å². The Balaban J connectivity index is 1.32. The van der Waals surface area contributed by atoms with E-state index in [4.69, 9.17) is 0 Å². The summed E-state index contributed by atoms with van der Waals surface area (Å²) in [6.07, 6.45) is 5.24. The maximum absolute atomic E-state index is 12.4. The Bertz CT molecular complexity index is 1050. The lowest BCUT2D eigenvalue weighted by Crippen LogP contribution is -2.18. The average molecular weight is 396 g/mol. The predicted molar refractivity (Wildman–Crippen MR) is 107 cm³/mol. The molecule has 2 aromatic heterocycles. The van der Waals surface area contributed by atoms with Crippen LogP contribution < -0.4 is 10.6 Å². The summed E-state index contributed by atoms with van der Waals surface area (Å²) in [6.45, 7) is 0. The van der Waals surface area contributed by atoms with Crippen LogP contribution in [0.5, 0.6) is 0 Å². The highest BCUT2D eigenvalue weighted by atomic mass is 32.1. The second-order valence-electron chi connectivity index (χ2n) is 6.75. The number of benzene rings is 1. The van der Waals surface area contributed by atoms with Gasteiger partial charge in [0.15, 0.2) is 5.13 Å². The Hall–Kier alpha value is -2.58.